The topological polar surface area (TPSA) is 75.1 Å². The lowest BCUT2D eigenvalue weighted by molar-refractivity contribution is 0.186. The van der Waals surface area contributed by atoms with Gasteiger partial charge in [0.2, 0.25) is 0 Å². The average Bonchev–Trinajstić information content (AvgIpc) is 3.13. The van der Waals surface area contributed by atoms with Crippen molar-refractivity contribution in [3.05, 3.63) is 59.7 Å². The predicted molar refractivity (Wildman–Crippen MR) is 106 cm³/mol. The molecule has 2 aromatic carbocycles. The number of ether oxygens (including phenoxy) is 2. The molecule has 0 spiro atoms. The highest BCUT2D eigenvalue weighted by atomic mass is 16.5. The maximum Gasteiger partial charge on any atom is 0.191 e. The number of methoxy groups -OCH3 is 1. The fourth-order valence-electron chi connectivity index (χ4n) is 3.05. The maximum absolute atomic E-state index is 10.4. The Morgan fingerprint density at radius 2 is 2.11 bits per heavy atom. The molecular weight excluding hydrogens is 342 g/mol. The minimum Gasteiger partial charge on any atom is -0.497 e. The zero-order chi connectivity index (χ0) is 19.1. The second kappa shape index (κ2) is 9.28. The number of aliphatic hydroxyl groups excluding tert-OH is 1. The highest BCUT2D eigenvalue weighted by Crippen LogP contribution is 2.27. The highest BCUT2D eigenvalue weighted by molar-refractivity contribution is 5.79. The number of hydrogen-bond acceptors (Lipinski definition) is 4. The molecule has 0 aliphatic carbocycles. The van der Waals surface area contributed by atoms with Gasteiger partial charge >= 0.3 is 0 Å². The highest BCUT2D eigenvalue weighted by Gasteiger charge is 2.22. The minimum atomic E-state index is -0.692. The number of guanidine groups is 1. The van der Waals surface area contributed by atoms with Gasteiger partial charge in [-0.1, -0.05) is 30.3 Å². The standard InChI is InChI=1S/C21H27N3O3/c1-3-22-21(23-13-18-12-16-7-4-5-10-20(16)27-18)24-14-19(25)15-8-6-9-17(11-15)26-2/h4-11,18-19,25H,3,12-14H2,1-2H3,(H2,22,23,24). The molecule has 0 bridgehead atoms. The normalized spacial score (nSPS) is 17.0. The van der Waals surface area contributed by atoms with Gasteiger partial charge in [0.1, 0.15) is 17.6 Å². The van der Waals surface area contributed by atoms with Crippen LogP contribution in [0.4, 0.5) is 0 Å². The Hall–Kier alpha value is -2.73. The van der Waals surface area contributed by atoms with Crippen molar-refractivity contribution >= 4 is 5.96 Å². The first-order valence-corrected chi connectivity index (χ1v) is 9.28. The fourth-order valence-corrected chi connectivity index (χ4v) is 3.05. The molecule has 6 heteroatoms. The summed E-state index contributed by atoms with van der Waals surface area (Å²) in [6.07, 6.45) is 0.270. The Labute approximate surface area is 160 Å². The summed E-state index contributed by atoms with van der Waals surface area (Å²) in [5.41, 5.74) is 2.02. The third-order valence-corrected chi connectivity index (χ3v) is 4.46. The number of nitrogens with one attached hydrogen (secondary N) is 2. The fraction of sp³-hybridized carbons (Fsp3) is 0.381. The smallest absolute Gasteiger partial charge is 0.191 e. The summed E-state index contributed by atoms with van der Waals surface area (Å²) in [5, 5.41) is 16.9. The molecule has 0 radical (unpaired) electrons. The van der Waals surface area contributed by atoms with Crippen molar-refractivity contribution in [2.45, 2.75) is 25.6 Å². The molecule has 3 N–H and O–H groups in total. The van der Waals surface area contributed by atoms with E-state index < -0.39 is 6.10 Å². The van der Waals surface area contributed by atoms with Crippen LogP contribution in [0.3, 0.4) is 0 Å². The number of benzene rings is 2. The van der Waals surface area contributed by atoms with E-state index in [0.717, 1.165) is 30.0 Å². The van der Waals surface area contributed by atoms with Gasteiger partial charge in [0, 0.05) is 13.0 Å². The van der Waals surface area contributed by atoms with Gasteiger partial charge in [-0.15, -0.1) is 0 Å². The molecule has 0 saturated carbocycles. The van der Waals surface area contributed by atoms with Crippen molar-refractivity contribution in [3.63, 3.8) is 0 Å². The molecule has 0 fully saturated rings. The van der Waals surface area contributed by atoms with Crippen LogP contribution >= 0.6 is 0 Å². The van der Waals surface area contributed by atoms with Crippen LogP contribution in [0.2, 0.25) is 0 Å². The zero-order valence-electron chi connectivity index (χ0n) is 15.8. The Morgan fingerprint density at radius 1 is 1.26 bits per heavy atom. The minimum absolute atomic E-state index is 0.0783. The molecule has 2 unspecified atom stereocenters. The lowest BCUT2D eigenvalue weighted by atomic mass is 10.1. The van der Waals surface area contributed by atoms with Crippen LogP contribution in [-0.4, -0.2) is 43.9 Å². The first kappa shape index (κ1) is 19.0. The summed E-state index contributed by atoms with van der Waals surface area (Å²) in [4.78, 5) is 4.50. The first-order chi connectivity index (χ1) is 13.2. The third-order valence-electron chi connectivity index (χ3n) is 4.46. The molecule has 144 valence electrons. The molecule has 1 aliphatic rings. The molecule has 1 heterocycles. The summed E-state index contributed by atoms with van der Waals surface area (Å²) in [7, 11) is 1.61. The summed E-state index contributed by atoms with van der Waals surface area (Å²) in [5.74, 6) is 2.34. The second-order valence-corrected chi connectivity index (χ2v) is 6.44. The van der Waals surface area contributed by atoms with Crippen LogP contribution in [0, 0.1) is 0 Å². The number of para-hydroxylation sites is 1. The van der Waals surface area contributed by atoms with E-state index >= 15 is 0 Å². The first-order valence-electron chi connectivity index (χ1n) is 9.28. The van der Waals surface area contributed by atoms with Crippen molar-refractivity contribution < 1.29 is 14.6 Å². The van der Waals surface area contributed by atoms with E-state index in [1.807, 2.05) is 49.4 Å². The maximum atomic E-state index is 10.4. The van der Waals surface area contributed by atoms with Crippen molar-refractivity contribution in [1.29, 1.82) is 0 Å². The monoisotopic (exact) mass is 369 g/mol. The number of nitrogens with zero attached hydrogens (tertiary/aromatic N) is 1. The summed E-state index contributed by atoms with van der Waals surface area (Å²) in [6.45, 7) is 3.66. The van der Waals surface area contributed by atoms with Gasteiger partial charge in [-0.3, -0.25) is 4.99 Å². The second-order valence-electron chi connectivity index (χ2n) is 6.44. The van der Waals surface area contributed by atoms with E-state index in [4.69, 9.17) is 9.47 Å². The third kappa shape index (κ3) is 5.14. The summed E-state index contributed by atoms with van der Waals surface area (Å²) in [6, 6.07) is 15.5. The summed E-state index contributed by atoms with van der Waals surface area (Å²) < 4.78 is 11.2. The molecule has 0 amide bonds. The zero-order valence-corrected chi connectivity index (χ0v) is 15.8. The number of aliphatic hydroxyl groups is 1. The lowest BCUT2D eigenvalue weighted by Crippen LogP contribution is -2.42. The van der Waals surface area contributed by atoms with E-state index in [-0.39, 0.29) is 12.6 Å². The van der Waals surface area contributed by atoms with Gasteiger partial charge in [0.05, 0.1) is 26.3 Å². The molecule has 3 rings (SSSR count). The van der Waals surface area contributed by atoms with Crippen LogP contribution in [0.1, 0.15) is 24.2 Å². The van der Waals surface area contributed by atoms with Gasteiger partial charge in [0.15, 0.2) is 5.96 Å². The number of fused-ring (bicyclic) bond motifs is 1. The van der Waals surface area contributed by atoms with E-state index in [0.29, 0.717) is 12.5 Å². The van der Waals surface area contributed by atoms with E-state index in [1.165, 1.54) is 5.56 Å². The molecule has 6 nitrogen and oxygen atoms in total. The lowest BCUT2D eigenvalue weighted by Gasteiger charge is -2.16. The van der Waals surface area contributed by atoms with Gasteiger partial charge in [-0.25, -0.2) is 0 Å². The molecule has 0 aromatic heterocycles. The van der Waals surface area contributed by atoms with Gasteiger partial charge in [0.25, 0.3) is 0 Å². The van der Waals surface area contributed by atoms with E-state index in [1.54, 1.807) is 7.11 Å². The number of hydrogen-bond donors (Lipinski definition) is 3. The van der Waals surface area contributed by atoms with Crippen molar-refractivity contribution in [3.8, 4) is 11.5 Å². The molecule has 27 heavy (non-hydrogen) atoms. The molecule has 1 aliphatic heterocycles. The van der Waals surface area contributed by atoms with Crippen molar-refractivity contribution in [2.75, 3.05) is 26.7 Å². The molecular formula is C21H27N3O3. The Bertz CT molecular complexity index is 754. The van der Waals surface area contributed by atoms with Crippen molar-refractivity contribution in [2.24, 2.45) is 4.99 Å². The van der Waals surface area contributed by atoms with Crippen molar-refractivity contribution in [1.82, 2.24) is 10.6 Å². The Morgan fingerprint density at radius 3 is 2.89 bits per heavy atom. The number of aliphatic imine (C=N–C) groups is 1. The quantitative estimate of drug-likeness (QED) is 0.516. The SMILES string of the molecule is CCNC(=NCC(O)c1cccc(OC)c1)NCC1Cc2ccccc2O1. The predicted octanol–water partition coefficient (Wildman–Crippen LogP) is 2.29. The van der Waals surface area contributed by atoms with Gasteiger partial charge in [-0.2, -0.15) is 0 Å². The van der Waals surface area contributed by atoms with E-state index in [2.05, 4.69) is 21.7 Å². The Kier molecular flexibility index (Phi) is 6.54. The molecule has 0 saturated heterocycles. The average molecular weight is 369 g/mol. The van der Waals surface area contributed by atoms with Crippen LogP contribution in [0.15, 0.2) is 53.5 Å². The number of rotatable bonds is 7. The van der Waals surface area contributed by atoms with Crippen LogP contribution < -0.4 is 20.1 Å². The largest absolute Gasteiger partial charge is 0.497 e. The van der Waals surface area contributed by atoms with E-state index in [9.17, 15) is 5.11 Å². The molecule has 2 aromatic rings. The van der Waals surface area contributed by atoms with Gasteiger partial charge in [-0.05, 0) is 36.2 Å². The summed E-state index contributed by atoms with van der Waals surface area (Å²) >= 11 is 0. The van der Waals surface area contributed by atoms with Crippen LogP contribution in [0.5, 0.6) is 11.5 Å². The van der Waals surface area contributed by atoms with Crippen LogP contribution in [0.25, 0.3) is 0 Å². The molecule has 2 atom stereocenters. The van der Waals surface area contributed by atoms with Gasteiger partial charge < -0.3 is 25.2 Å². The Balaban J connectivity index is 1.55. The van der Waals surface area contributed by atoms with Crippen LogP contribution in [-0.2, 0) is 6.42 Å².